The molecule has 1 aromatic rings. The number of nitrogens with one attached hydrogen (secondary N) is 1. The van der Waals surface area contributed by atoms with Crippen molar-refractivity contribution >= 4 is 5.97 Å². The molecule has 0 fully saturated rings. The summed E-state index contributed by atoms with van der Waals surface area (Å²) in [6.07, 6.45) is 0.631. The van der Waals surface area contributed by atoms with E-state index >= 15 is 0 Å². The van der Waals surface area contributed by atoms with Crippen LogP contribution in [0, 0.1) is 26.2 Å². The van der Waals surface area contributed by atoms with Crippen LogP contribution in [0.2, 0.25) is 0 Å². The lowest BCUT2D eigenvalue weighted by Crippen LogP contribution is -2.29. The van der Waals surface area contributed by atoms with Crippen LogP contribution in [0.3, 0.4) is 0 Å². The van der Waals surface area contributed by atoms with Crippen molar-refractivity contribution in [2.45, 2.75) is 47.6 Å². The van der Waals surface area contributed by atoms with Crippen LogP contribution in [0.4, 0.5) is 0 Å². The average molecular weight is 263 g/mol. The van der Waals surface area contributed by atoms with Gasteiger partial charge < -0.3 is 10.4 Å². The van der Waals surface area contributed by atoms with E-state index in [4.69, 9.17) is 5.11 Å². The van der Waals surface area contributed by atoms with Crippen molar-refractivity contribution in [2.75, 3.05) is 6.54 Å². The first-order chi connectivity index (χ1) is 8.74. The standard InChI is InChI=1S/C16H25NO2/c1-11-8-12(2)14(13(3)9-11)10-17-7-6-16(4,5)15(18)19/h8-9,17H,6-7,10H2,1-5H3,(H,18,19). The molecule has 1 aromatic carbocycles. The fourth-order valence-corrected chi connectivity index (χ4v) is 2.21. The summed E-state index contributed by atoms with van der Waals surface area (Å²) in [6.45, 7) is 11.4. The number of rotatable bonds is 6. The highest BCUT2D eigenvalue weighted by Crippen LogP contribution is 2.20. The number of carboxylic acid groups (broad SMARTS) is 1. The number of hydrogen-bond donors (Lipinski definition) is 2. The van der Waals surface area contributed by atoms with Crippen LogP contribution in [0.15, 0.2) is 12.1 Å². The molecule has 0 atom stereocenters. The second-order valence-corrected chi connectivity index (χ2v) is 5.99. The van der Waals surface area contributed by atoms with Crippen LogP contribution in [-0.4, -0.2) is 17.6 Å². The molecule has 0 aliphatic rings. The van der Waals surface area contributed by atoms with E-state index in [1.54, 1.807) is 13.8 Å². The van der Waals surface area contributed by atoms with Gasteiger partial charge >= 0.3 is 5.97 Å². The van der Waals surface area contributed by atoms with Crippen LogP contribution in [0.1, 0.15) is 42.5 Å². The molecule has 0 aliphatic carbocycles. The molecule has 3 nitrogen and oxygen atoms in total. The van der Waals surface area contributed by atoms with Crippen molar-refractivity contribution in [1.29, 1.82) is 0 Å². The van der Waals surface area contributed by atoms with Crippen LogP contribution in [0.25, 0.3) is 0 Å². The molecule has 0 aliphatic heterocycles. The Kier molecular flexibility index (Phi) is 5.12. The first-order valence-corrected chi connectivity index (χ1v) is 6.75. The van der Waals surface area contributed by atoms with Gasteiger partial charge in [-0.2, -0.15) is 0 Å². The van der Waals surface area contributed by atoms with Crippen LogP contribution in [0.5, 0.6) is 0 Å². The summed E-state index contributed by atoms with van der Waals surface area (Å²) in [7, 11) is 0. The van der Waals surface area contributed by atoms with Gasteiger partial charge in [-0.25, -0.2) is 0 Å². The predicted octanol–water partition coefficient (Wildman–Crippen LogP) is 3.20. The molecule has 106 valence electrons. The third-order valence-electron chi connectivity index (χ3n) is 3.65. The summed E-state index contributed by atoms with van der Waals surface area (Å²) in [5.41, 5.74) is 4.53. The smallest absolute Gasteiger partial charge is 0.309 e. The molecular formula is C16H25NO2. The molecule has 0 saturated heterocycles. The molecule has 19 heavy (non-hydrogen) atoms. The monoisotopic (exact) mass is 263 g/mol. The van der Waals surface area contributed by atoms with Gasteiger partial charge in [-0.3, -0.25) is 4.79 Å². The molecule has 0 heterocycles. The van der Waals surface area contributed by atoms with Gasteiger partial charge in [0.1, 0.15) is 0 Å². The van der Waals surface area contributed by atoms with Crippen molar-refractivity contribution in [3.05, 3.63) is 34.4 Å². The van der Waals surface area contributed by atoms with E-state index in [1.165, 1.54) is 22.3 Å². The average Bonchev–Trinajstić information content (AvgIpc) is 2.26. The lowest BCUT2D eigenvalue weighted by atomic mass is 9.89. The van der Waals surface area contributed by atoms with Crippen molar-refractivity contribution in [2.24, 2.45) is 5.41 Å². The van der Waals surface area contributed by atoms with E-state index < -0.39 is 11.4 Å². The Balaban J connectivity index is 2.53. The topological polar surface area (TPSA) is 49.3 Å². The fraction of sp³-hybridized carbons (Fsp3) is 0.562. The van der Waals surface area contributed by atoms with E-state index in [-0.39, 0.29) is 0 Å². The lowest BCUT2D eigenvalue weighted by Gasteiger charge is -2.19. The first kappa shape index (κ1) is 15.7. The second kappa shape index (κ2) is 6.20. The van der Waals surface area contributed by atoms with Crippen molar-refractivity contribution in [3.8, 4) is 0 Å². The van der Waals surface area contributed by atoms with E-state index in [1.807, 2.05) is 0 Å². The summed E-state index contributed by atoms with van der Waals surface area (Å²) in [6, 6.07) is 4.37. The van der Waals surface area contributed by atoms with Gasteiger partial charge in [0.2, 0.25) is 0 Å². The van der Waals surface area contributed by atoms with Gasteiger partial charge in [0, 0.05) is 6.54 Å². The number of aliphatic carboxylic acids is 1. The van der Waals surface area contributed by atoms with E-state index in [9.17, 15) is 4.79 Å². The summed E-state index contributed by atoms with van der Waals surface area (Å²) in [5, 5.41) is 12.4. The van der Waals surface area contributed by atoms with Crippen LogP contribution in [-0.2, 0) is 11.3 Å². The zero-order valence-corrected chi connectivity index (χ0v) is 12.6. The number of carbonyl (C=O) groups is 1. The molecule has 0 bridgehead atoms. The minimum atomic E-state index is -0.739. The van der Waals surface area contributed by atoms with Gasteiger partial charge in [0.05, 0.1) is 5.41 Å². The largest absolute Gasteiger partial charge is 0.481 e. The molecule has 0 aromatic heterocycles. The van der Waals surface area contributed by atoms with Gasteiger partial charge in [-0.05, 0) is 64.3 Å². The first-order valence-electron chi connectivity index (χ1n) is 6.75. The SMILES string of the molecule is Cc1cc(C)c(CNCCC(C)(C)C(=O)O)c(C)c1. The molecule has 0 unspecified atom stereocenters. The Bertz CT molecular complexity index is 441. The molecule has 0 spiro atoms. The van der Waals surface area contributed by atoms with Crippen LogP contribution >= 0.6 is 0 Å². The highest BCUT2D eigenvalue weighted by molar-refractivity contribution is 5.73. The van der Waals surface area contributed by atoms with Crippen molar-refractivity contribution in [3.63, 3.8) is 0 Å². The third kappa shape index (κ3) is 4.35. The summed E-state index contributed by atoms with van der Waals surface area (Å²) >= 11 is 0. The highest BCUT2D eigenvalue weighted by Gasteiger charge is 2.26. The number of benzene rings is 1. The zero-order valence-electron chi connectivity index (χ0n) is 12.6. The highest BCUT2D eigenvalue weighted by atomic mass is 16.4. The predicted molar refractivity (Wildman–Crippen MR) is 78.4 cm³/mol. The van der Waals surface area contributed by atoms with Gasteiger partial charge in [-0.1, -0.05) is 17.7 Å². The van der Waals surface area contributed by atoms with Gasteiger partial charge in [0.25, 0.3) is 0 Å². The Labute approximate surface area is 116 Å². The summed E-state index contributed by atoms with van der Waals surface area (Å²) < 4.78 is 0. The Morgan fingerprint density at radius 1 is 1.21 bits per heavy atom. The van der Waals surface area contributed by atoms with E-state index in [2.05, 4.69) is 38.2 Å². The molecule has 2 N–H and O–H groups in total. The van der Waals surface area contributed by atoms with Crippen molar-refractivity contribution < 1.29 is 9.90 Å². The maximum absolute atomic E-state index is 11.0. The molecular weight excluding hydrogens is 238 g/mol. The fourth-order valence-electron chi connectivity index (χ4n) is 2.21. The molecule has 0 amide bonds. The number of carboxylic acids is 1. The maximum atomic E-state index is 11.0. The minimum Gasteiger partial charge on any atom is -0.481 e. The summed E-state index contributed by atoms with van der Waals surface area (Å²) in [5.74, 6) is -0.739. The quantitative estimate of drug-likeness (QED) is 0.775. The van der Waals surface area contributed by atoms with E-state index in [0.29, 0.717) is 13.0 Å². The van der Waals surface area contributed by atoms with E-state index in [0.717, 1.165) is 6.54 Å². The van der Waals surface area contributed by atoms with Gasteiger partial charge in [0.15, 0.2) is 0 Å². The minimum absolute atomic E-state index is 0.631. The van der Waals surface area contributed by atoms with Gasteiger partial charge in [-0.15, -0.1) is 0 Å². The third-order valence-corrected chi connectivity index (χ3v) is 3.65. The Morgan fingerprint density at radius 2 is 1.74 bits per heavy atom. The normalized spacial score (nSPS) is 11.6. The number of aryl methyl sites for hydroxylation is 3. The summed E-state index contributed by atoms with van der Waals surface area (Å²) in [4.78, 5) is 11.0. The van der Waals surface area contributed by atoms with Crippen LogP contribution < -0.4 is 5.32 Å². The Morgan fingerprint density at radius 3 is 2.21 bits per heavy atom. The molecule has 3 heteroatoms. The molecule has 0 radical (unpaired) electrons. The number of hydrogen-bond acceptors (Lipinski definition) is 2. The maximum Gasteiger partial charge on any atom is 0.309 e. The lowest BCUT2D eigenvalue weighted by molar-refractivity contribution is -0.147. The van der Waals surface area contributed by atoms with Crippen molar-refractivity contribution in [1.82, 2.24) is 5.32 Å². The molecule has 0 saturated carbocycles. The zero-order chi connectivity index (χ0) is 14.6. The Hall–Kier alpha value is -1.35. The molecule has 1 rings (SSSR count). The second-order valence-electron chi connectivity index (χ2n) is 5.99.